The van der Waals surface area contributed by atoms with E-state index in [0.717, 1.165) is 62.9 Å². The van der Waals surface area contributed by atoms with Crippen molar-refractivity contribution in [1.29, 1.82) is 0 Å². The van der Waals surface area contributed by atoms with Crippen molar-refractivity contribution in [3.8, 4) is 0 Å². The summed E-state index contributed by atoms with van der Waals surface area (Å²) in [6, 6.07) is 0.836. The Bertz CT molecular complexity index is 644. The fourth-order valence-electron chi connectivity index (χ4n) is 6.73. The predicted molar refractivity (Wildman–Crippen MR) is 121 cm³/mol. The molecule has 5 fully saturated rings. The number of fused-ring (bicyclic) bond motifs is 1. The third-order valence-electron chi connectivity index (χ3n) is 9.27. The number of nitrogens with one attached hydrogen (secondary N) is 2. The van der Waals surface area contributed by atoms with Crippen molar-refractivity contribution in [3.05, 3.63) is 12.3 Å². The van der Waals surface area contributed by atoms with Crippen LogP contribution in [0.15, 0.2) is 12.3 Å². The number of carbonyl (C=O) groups is 1. The Morgan fingerprint density at radius 3 is 2.33 bits per heavy atom. The van der Waals surface area contributed by atoms with E-state index < -0.39 is 0 Å². The zero-order valence-electron chi connectivity index (χ0n) is 19.0. The molecule has 5 rings (SSSR count). The second kappa shape index (κ2) is 8.46. The molecule has 0 aromatic rings. The van der Waals surface area contributed by atoms with E-state index in [0.29, 0.717) is 11.3 Å². The standard InChI is InChI=1S/C25H42N4O/c1-18(25(2)9-10-25)28-12-14-29(15-13-28)24(30)23-8-6-21(17-27-23)19-5-7-22-20(16-19)4-3-11-26-22/h19-23,26-27H,1,3-17H2,2H3. The zero-order valence-corrected chi connectivity index (χ0v) is 19.0. The highest BCUT2D eigenvalue weighted by molar-refractivity contribution is 5.82. The number of allylic oxidation sites excluding steroid dienone is 1. The maximum atomic E-state index is 13.1. The van der Waals surface area contributed by atoms with Gasteiger partial charge in [-0.1, -0.05) is 13.5 Å². The van der Waals surface area contributed by atoms with Gasteiger partial charge in [0.25, 0.3) is 0 Å². The molecule has 3 saturated heterocycles. The van der Waals surface area contributed by atoms with Crippen molar-refractivity contribution in [2.45, 2.75) is 76.8 Å². The van der Waals surface area contributed by atoms with Gasteiger partial charge in [-0.2, -0.15) is 0 Å². The molecule has 0 aromatic heterocycles. The first-order valence-electron chi connectivity index (χ1n) is 12.7. The van der Waals surface area contributed by atoms with Crippen LogP contribution in [0.2, 0.25) is 0 Å². The van der Waals surface area contributed by atoms with Crippen LogP contribution in [0.25, 0.3) is 0 Å². The number of carbonyl (C=O) groups excluding carboxylic acids is 1. The quantitative estimate of drug-likeness (QED) is 0.743. The summed E-state index contributed by atoms with van der Waals surface area (Å²) in [5.74, 6) is 2.89. The highest BCUT2D eigenvalue weighted by Gasteiger charge is 2.43. The molecule has 3 heterocycles. The topological polar surface area (TPSA) is 47.6 Å². The van der Waals surface area contributed by atoms with Gasteiger partial charge in [-0.15, -0.1) is 0 Å². The molecule has 30 heavy (non-hydrogen) atoms. The molecule has 3 aliphatic heterocycles. The molecule has 2 aliphatic carbocycles. The van der Waals surface area contributed by atoms with Crippen molar-refractivity contribution in [2.75, 3.05) is 39.3 Å². The summed E-state index contributed by atoms with van der Waals surface area (Å²) in [4.78, 5) is 17.7. The van der Waals surface area contributed by atoms with Gasteiger partial charge in [0.15, 0.2) is 0 Å². The third-order valence-corrected chi connectivity index (χ3v) is 9.27. The van der Waals surface area contributed by atoms with E-state index in [9.17, 15) is 4.79 Å². The number of piperazine rings is 1. The molecule has 5 atom stereocenters. The number of hydrogen-bond donors (Lipinski definition) is 2. The summed E-state index contributed by atoms with van der Waals surface area (Å²) in [6.07, 6.45) is 11.7. The maximum Gasteiger partial charge on any atom is 0.239 e. The van der Waals surface area contributed by atoms with Gasteiger partial charge in [-0.3, -0.25) is 4.79 Å². The number of rotatable bonds is 4. The van der Waals surface area contributed by atoms with Crippen molar-refractivity contribution < 1.29 is 4.79 Å². The second-order valence-electron chi connectivity index (χ2n) is 11.2. The van der Waals surface area contributed by atoms with E-state index in [1.54, 1.807) is 0 Å². The Kier molecular flexibility index (Phi) is 5.87. The molecule has 5 unspecified atom stereocenters. The van der Waals surface area contributed by atoms with Gasteiger partial charge < -0.3 is 20.4 Å². The highest BCUT2D eigenvalue weighted by Crippen LogP contribution is 2.51. The summed E-state index contributed by atoms with van der Waals surface area (Å²) in [6.45, 7) is 12.6. The van der Waals surface area contributed by atoms with Gasteiger partial charge in [0.05, 0.1) is 6.04 Å². The third kappa shape index (κ3) is 4.17. The SMILES string of the molecule is C=C(N1CCN(C(=O)C2CCC(C3CCC4NCCCC4C3)CN2)CC1)C1(C)CC1. The van der Waals surface area contributed by atoms with Crippen LogP contribution in [0.5, 0.6) is 0 Å². The highest BCUT2D eigenvalue weighted by atomic mass is 16.2. The van der Waals surface area contributed by atoms with Crippen molar-refractivity contribution in [1.82, 2.24) is 20.4 Å². The average Bonchev–Trinajstić information content (AvgIpc) is 3.56. The number of piperidine rings is 2. The summed E-state index contributed by atoms with van der Waals surface area (Å²) >= 11 is 0. The average molecular weight is 415 g/mol. The smallest absolute Gasteiger partial charge is 0.239 e. The molecular formula is C25H42N4O. The van der Waals surface area contributed by atoms with Gasteiger partial charge in [-0.05, 0) is 88.6 Å². The lowest BCUT2D eigenvalue weighted by Gasteiger charge is -2.44. The molecule has 0 radical (unpaired) electrons. The minimum Gasteiger partial charge on any atom is -0.371 e. The molecule has 2 saturated carbocycles. The van der Waals surface area contributed by atoms with Crippen molar-refractivity contribution in [2.24, 2.45) is 23.2 Å². The lowest BCUT2D eigenvalue weighted by atomic mass is 9.68. The molecule has 0 aromatic carbocycles. The molecule has 168 valence electrons. The molecular weight excluding hydrogens is 372 g/mol. The fourth-order valence-corrected chi connectivity index (χ4v) is 6.73. The van der Waals surface area contributed by atoms with Gasteiger partial charge >= 0.3 is 0 Å². The summed E-state index contributed by atoms with van der Waals surface area (Å²) in [5.41, 5.74) is 1.65. The fraction of sp³-hybridized carbons (Fsp3) is 0.880. The first-order chi connectivity index (χ1) is 14.5. The summed E-state index contributed by atoms with van der Waals surface area (Å²) in [5, 5.41) is 7.42. The van der Waals surface area contributed by atoms with Gasteiger partial charge in [0.2, 0.25) is 5.91 Å². The summed E-state index contributed by atoms with van der Waals surface area (Å²) < 4.78 is 0. The molecule has 0 spiro atoms. The molecule has 5 heteroatoms. The van der Waals surface area contributed by atoms with Gasteiger partial charge in [-0.25, -0.2) is 0 Å². The zero-order chi connectivity index (χ0) is 20.7. The molecule has 2 N–H and O–H groups in total. The number of hydrogen-bond acceptors (Lipinski definition) is 4. The van der Waals surface area contributed by atoms with Crippen LogP contribution in [-0.2, 0) is 4.79 Å². The maximum absolute atomic E-state index is 13.1. The Morgan fingerprint density at radius 2 is 1.63 bits per heavy atom. The van der Waals surface area contributed by atoms with Crippen molar-refractivity contribution >= 4 is 5.91 Å². The monoisotopic (exact) mass is 414 g/mol. The van der Waals surface area contributed by atoms with E-state index in [1.165, 1.54) is 63.6 Å². The van der Waals surface area contributed by atoms with Crippen LogP contribution in [0.1, 0.15) is 64.7 Å². The van der Waals surface area contributed by atoms with Crippen molar-refractivity contribution in [3.63, 3.8) is 0 Å². The Hall–Kier alpha value is -1.07. The van der Waals surface area contributed by atoms with Crippen LogP contribution in [0, 0.1) is 23.2 Å². The minimum atomic E-state index is 0.0460. The van der Waals surface area contributed by atoms with E-state index in [-0.39, 0.29) is 6.04 Å². The molecule has 5 aliphatic rings. The molecule has 5 nitrogen and oxygen atoms in total. The Balaban J connectivity index is 1.07. The summed E-state index contributed by atoms with van der Waals surface area (Å²) in [7, 11) is 0. The van der Waals surface area contributed by atoms with E-state index in [2.05, 4.69) is 33.9 Å². The lowest BCUT2D eigenvalue weighted by Crippen LogP contribution is -2.56. The van der Waals surface area contributed by atoms with Gasteiger partial charge in [0, 0.05) is 43.3 Å². The minimum absolute atomic E-state index is 0.0460. The first kappa shape index (κ1) is 20.8. The van der Waals surface area contributed by atoms with Crippen LogP contribution in [0.4, 0.5) is 0 Å². The van der Waals surface area contributed by atoms with Crippen LogP contribution in [0.3, 0.4) is 0 Å². The van der Waals surface area contributed by atoms with Crippen LogP contribution < -0.4 is 10.6 Å². The molecule has 1 amide bonds. The predicted octanol–water partition coefficient (Wildman–Crippen LogP) is 2.98. The largest absolute Gasteiger partial charge is 0.371 e. The van der Waals surface area contributed by atoms with E-state index >= 15 is 0 Å². The van der Waals surface area contributed by atoms with Crippen LogP contribution in [-0.4, -0.2) is 67.1 Å². The second-order valence-corrected chi connectivity index (χ2v) is 11.2. The van der Waals surface area contributed by atoms with Crippen LogP contribution >= 0.6 is 0 Å². The Morgan fingerprint density at radius 1 is 0.900 bits per heavy atom. The van der Waals surface area contributed by atoms with E-state index in [4.69, 9.17) is 0 Å². The van der Waals surface area contributed by atoms with E-state index in [1.807, 2.05) is 0 Å². The number of nitrogens with zero attached hydrogens (tertiary/aromatic N) is 2. The number of amides is 1. The molecule has 0 bridgehead atoms. The van der Waals surface area contributed by atoms with Gasteiger partial charge in [0.1, 0.15) is 0 Å². The first-order valence-corrected chi connectivity index (χ1v) is 12.7. The normalized spacial score (nSPS) is 38.6. The Labute approximate surface area is 183 Å². The lowest BCUT2D eigenvalue weighted by molar-refractivity contribution is -0.136.